The van der Waals surface area contributed by atoms with Crippen LogP contribution in [0.3, 0.4) is 0 Å². The fourth-order valence-electron chi connectivity index (χ4n) is 4.08. The summed E-state index contributed by atoms with van der Waals surface area (Å²) in [6.45, 7) is -0.242. The number of carbonyl (C=O) groups excluding carboxylic acids is 3. The first-order chi connectivity index (χ1) is 20.7. The molecule has 0 bridgehead atoms. The van der Waals surface area contributed by atoms with Gasteiger partial charge in [-0.25, -0.2) is 0 Å². The molecule has 45 heavy (non-hydrogen) atoms. The van der Waals surface area contributed by atoms with Gasteiger partial charge in [-0.3, -0.25) is 19.2 Å². The zero-order chi connectivity index (χ0) is 33.7. The van der Waals surface area contributed by atoms with Gasteiger partial charge in [0, 0.05) is 34.6 Å². The van der Waals surface area contributed by atoms with Gasteiger partial charge in [-0.05, 0) is 59.8 Å². The molecule has 0 fully saturated rings. The lowest BCUT2D eigenvalue weighted by atomic mass is 9.84. The number of halogens is 9. The summed E-state index contributed by atoms with van der Waals surface area (Å²) in [7, 11) is 0. The van der Waals surface area contributed by atoms with Crippen LogP contribution in [-0.2, 0) is 17.1 Å². The number of rotatable bonds is 11. The number of hydrogen-bond acceptors (Lipinski definition) is 5. The summed E-state index contributed by atoms with van der Waals surface area (Å²) in [5, 5.41) is 11.0. The average molecular weight is 666 g/mol. The minimum Gasteiger partial charge on any atom is -0.481 e. The molecule has 0 saturated heterocycles. The Morgan fingerprint density at radius 2 is 1.31 bits per heavy atom. The van der Waals surface area contributed by atoms with Gasteiger partial charge in [0.25, 0.3) is 5.91 Å². The van der Waals surface area contributed by atoms with Crippen molar-refractivity contribution in [1.29, 1.82) is 0 Å². The third kappa shape index (κ3) is 10.1. The molecule has 0 aromatic heterocycles. The van der Waals surface area contributed by atoms with Crippen LogP contribution in [0.4, 0.5) is 39.5 Å². The molecular weight excluding hydrogens is 645 g/mol. The van der Waals surface area contributed by atoms with Crippen LogP contribution in [-0.4, -0.2) is 40.6 Å². The first kappa shape index (κ1) is 35.1. The molecule has 2 N–H and O–H groups in total. The number of carbonyl (C=O) groups is 4. The van der Waals surface area contributed by atoms with Crippen molar-refractivity contribution in [3.8, 4) is 0 Å². The lowest BCUT2D eigenvalue weighted by molar-refractivity contribution is -0.143. The van der Waals surface area contributed by atoms with Crippen molar-refractivity contribution in [2.24, 2.45) is 0 Å². The maximum Gasteiger partial charge on any atom is 0.446 e. The SMILES string of the molecule is O=C(O)CCNC(=O)c1ccc(C(CC(=O)c2cccc(SC(F)(F)F)c2)C(=O)c2cc(C(F)(F)F)cc(C(F)(F)F)c2)cc1. The van der Waals surface area contributed by atoms with E-state index in [0.717, 1.165) is 48.5 Å². The van der Waals surface area contributed by atoms with Gasteiger partial charge in [-0.2, -0.15) is 39.5 Å². The Morgan fingerprint density at radius 3 is 1.82 bits per heavy atom. The maximum atomic E-state index is 13.6. The molecule has 1 unspecified atom stereocenters. The Hall–Kier alpha value is -4.34. The zero-order valence-electron chi connectivity index (χ0n) is 22.4. The van der Waals surface area contributed by atoms with Gasteiger partial charge >= 0.3 is 23.8 Å². The van der Waals surface area contributed by atoms with Gasteiger partial charge in [0.05, 0.1) is 23.5 Å². The van der Waals surface area contributed by atoms with E-state index in [0.29, 0.717) is 0 Å². The average Bonchev–Trinajstić information content (AvgIpc) is 2.93. The number of alkyl halides is 9. The Kier molecular flexibility index (Phi) is 10.7. The molecule has 0 aliphatic carbocycles. The van der Waals surface area contributed by atoms with Crippen LogP contribution in [0.15, 0.2) is 71.6 Å². The molecule has 240 valence electrons. The number of carboxylic acids is 1. The van der Waals surface area contributed by atoms with Crippen LogP contribution in [0.5, 0.6) is 0 Å². The molecule has 3 aromatic carbocycles. The number of ketones is 2. The third-order valence-electron chi connectivity index (χ3n) is 6.17. The Bertz CT molecular complexity index is 1550. The van der Waals surface area contributed by atoms with E-state index in [1.165, 1.54) is 0 Å². The summed E-state index contributed by atoms with van der Waals surface area (Å²) in [4.78, 5) is 49.3. The highest BCUT2D eigenvalue weighted by atomic mass is 32.2. The van der Waals surface area contributed by atoms with E-state index in [2.05, 4.69) is 5.32 Å². The number of carboxylic acid groups (broad SMARTS) is 1. The minimum absolute atomic E-state index is 0.0584. The smallest absolute Gasteiger partial charge is 0.446 e. The van der Waals surface area contributed by atoms with Gasteiger partial charge in [0.15, 0.2) is 11.6 Å². The standard InChI is InChI=1S/C29H20F9NO5S/c30-27(31,32)19-10-18(11-20(13-19)28(33,34)35)25(43)22(14-23(40)17-2-1-3-21(12-17)45-29(36,37)38)15-4-6-16(7-5-15)26(44)39-9-8-24(41)42/h1-7,10-13,22H,8-9,14H2,(H,39,44)(H,41,42). The topological polar surface area (TPSA) is 101 Å². The first-order valence-electron chi connectivity index (χ1n) is 12.6. The Balaban J connectivity index is 2.05. The van der Waals surface area contributed by atoms with Crippen molar-refractivity contribution in [2.75, 3.05) is 6.54 Å². The molecule has 3 aromatic rings. The number of benzene rings is 3. The van der Waals surface area contributed by atoms with Gasteiger partial charge in [-0.1, -0.05) is 24.3 Å². The second kappa shape index (κ2) is 13.7. The monoisotopic (exact) mass is 665 g/mol. The van der Waals surface area contributed by atoms with Crippen molar-refractivity contribution in [3.63, 3.8) is 0 Å². The quantitative estimate of drug-likeness (QED) is 0.123. The maximum absolute atomic E-state index is 13.6. The van der Waals surface area contributed by atoms with Crippen molar-refractivity contribution in [2.45, 2.75) is 41.5 Å². The number of Topliss-reactive ketones (excluding diaryl/α,β-unsaturated/α-hetero) is 2. The number of nitrogens with one attached hydrogen (secondary N) is 1. The Morgan fingerprint density at radius 1 is 0.733 bits per heavy atom. The van der Waals surface area contributed by atoms with Crippen LogP contribution < -0.4 is 5.32 Å². The molecule has 1 amide bonds. The summed E-state index contributed by atoms with van der Waals surface area (Å²) in [6.07, 6.45) is -11.8. The molecule has 0 aliphatic heterocycles. The van der Waals surface area contributed by atoms with Crippen LogP contribution in [0, 0.1) is 0 Å². The summed E-state index contributed by atoms with van der Waals surface area (Å²) in [5.74, 6) is -5.95. The van der Waals surface area contributed by atoms with Gasteiger partial charge < -0.3 is 10.4 Å². The summed E-state index contributed by atoms with van der Waals surface area (Å²) in [5.41, 5.74) is -9.78. The highest BCUT2D eigenvalue weighted by molar-refractivity contribution is 8.00. The molecule has 16 heteroatoms. The molecule has 0 radical (unpaired) electrons. The van der Waals surface area contributed by atoms with Gasteiger partial charge in [-0.15, -0.1) is 0 Å². The summed E-state index contributed by atoms with van der Waals surface area (Å²) in [6, 6.07) is 8.88. The zero-order valence-corrected chi connectivity index (χ0v) is 23.3. The van der Waals surface area contributed by atoms with E-state index in [9.17, 15) is 58.7 Å². The predicted octanol–water partition coefficient (Wildman–Crippen LogP) is 7.78. The molecule has 0 saturated carbocycles. The van der Waals surface area contributed by atoms with E-state index in [-0.39, 0.29) is 46.3 Å². The first-order valence-corrected chi connectivity index (χ1v) is 13.4. The van der Waals surface area contributed by atoms with Gasteiger partial charge in [0.1, 0.15) is 0 Å². The van der Waals surface area contributed by atoms with Crippen molar-refractivity contribution < 1.29 is 63.8 Å². The van der Waals surface area contributed by atoms with Crippen LogP contribution in [0.25, 0.3) is 0 Å². The molecule has 6 nitrogen and oxygen atoms in total. The lowest BCUT2D eigenvalue weighted by Crippen LogP contribution is -2.26. The van der Waals surface area contributed by atoms with Crippen molar-refractivity contribution in [3.05, 3.63) is 100 Å². The molecule has 0 aliphatic rings. The number of hydrogen-bond donors (Lipinski definition) is 2. The fraction of sp³-hybridized carbons (Fsp3) is 0.241. The molecule has 3 rings (SSSR count). The summed E-state index contributed by atoms with van der Waals surface area (Å²) < 4.78 is 119. The van der Waals surface area contributed by atoms with E-state index in [4.69, 9.17) is 5.11 Å². The normalized spacial score (nSPS) is 12.8. The third-order valence-corrected chi connectivity index (χ3v) is 6.89. The van der Waals surface area contributed by atoms with Crippen LogP contribution in [0.1, 0.15) is 66.5 Å². The molecule has 0 heterocycles. The molecule has 0 spiro atoms. The summed E-state index contributed by atoms with van der Waals surface area (Å²) >= 11 is -0.533. The second-order valence-electron chi connectivity index (χ2n) is 9.44. The van der Waals surface area contributed by atoms with E-state index in [1.807, 2.05) is 0 Å². The number of aliphatic carboxylic acids is 1. The van der Waals surface area contributed by atoms with E-state index < -0.39 is 88.5 Å². The van der Waals surface area contributed by atoms with Crippen molar-refractivity contribution in [1.82, 2.24) is 5.32 Å². The number of amides is 1. The largest absolute Gasteiger partial charge is 0.481 e. The Labute approximate surface area is 252 Å². The minimum atomic E-state index is -5.28. The van der Waals surface area contributed by atoms with Crippen LogP contribution in [0.2, 0.25) is 0 Å². The lowest BCUT2D eigenvalue weighted by Gasteiger charge is -2.19. The highest BCUT2D eigenvalue weighted by Crippen LogP contribution is 2.39. The van der Waals surface area contributed by atoms with Crippen LogP contribution >= 0.6 is 11.8 Å². The van der Waals surface area contributed by atoms with E-state index in [1.54, 1.807) is 0 Å². The second-order valence-corrected chi connectivity index (χ2v) is 10.6. The molecule has 1 atom stereocenters. The van der Waals surface area contributed by atoms with Crippen molar-refractivity contribution >= 4 is 35.2 Å². The van der Waals surface area contributed by atoms with Gasteiger partial charge in [0.2, 0.25) is 0 Å². The predicted molar refractivity (Wildman–Crippen MR) is 142 cm³/mol. The number of thioether (sulfide) groups is 1. The molecular formula is C29H20F9NO5S. The highest BCUT2D eigenvalue weighted by Gasteiger charge is 2.38. The fourth-order valence-corrected chi connectivity index (χ4v) is 4.68. The van der Waals surface area contributed by atoms with E-state index >= 15 is 0 Å².